The van der Waals surface area contributed by atoms with Crippen molar-refractivity contribution in [2.24, 2.45) is 0 Å². The number of nitrogens with zero attached hydrogens (tertiary/aromatic N) is 2. The SMILES string of the molecule is Cc1[nH]cnc1CNCCC(=O)N1CCCC1. The first kappa shape index (κ1) is 12.1. The van der Waals surface area contributed by atoms with Gasteiger partial charge in [0.1, 0.15) is 0 Å². The Morgan fingerprint density at radius 1 is 1.53 bits per heavy atom. The molecule has 1 fully saturated rings. The number of amides is 1. The molecule has 1 aliphatic rings. The van der Waals surface area contributed by atoms with E-state index in [0.717, 1.165) is 50.4 Å². The lowest BCUT2D eigenvalue weighted by Crippen LogP contribution is -2.30. The van der Waals surface area contributed by atoms with Crippen molar-refractivity contribution in [3.8, 4) is 0 Å². The average Bonchev–Trinajstić information content (AvgIpc) is 2.96. The van der Waals surface area contributed by atoms with Gasteiger partial charge in [0.25, 0.3) is 0 Å². The summed E-state index contributed by atoms with van der Waals surface area (Å²) >= 11 is 0. The number of H-pyrrole nitrogens is 1. The van der Waals surface area contributed by atoms with Gasteiger partial charge in [0, 0.05) is 38.3 Å². The number of rotatable bonds is 5. The first-order valence-electron chi connectivity index (χ1n) is 6.24. The molecule has 0 radical (unpaired) electrons. The van der Waals surface area contributed by atoms with E-state index in [0.29, 0.717) is 6.42 Å². The van der Waals surface area contributed by atoms with Crippen LogP contribution in [0.1, 0.15) is 30.7 Å². The molecule has 5 heteroatoms. The van der Waals surface area contributed by atoms with Crippen molar-refractivity contribution in [3.63, 3.8) is 0 Å². The zero-order valence-corrected chi connectivity index (χ0v) is 10.3. The largest absolute Gasteiger partial charge is 0.348 e. The van der Waals surface area contributed by atoms with E-state index >= 15 is 0 Å². The summed E-state index contributed by atoms with van der Waals surface area (Å²) in [4.78, 5) is 20.9. The lowest BCUT2D eigenvalue weighted by Gasteiger charge is -2.15. The third-order valence-corrected chi connectivity index (χ3v) is 3.20. The molecule has 0 aliphatic carbocycles. The quantitative estimate of drug-likeness (QED) is 0.744. The molecule has 94 valence electrons. The van der Waals surface area contributed by atoms with Gasteiger partial charge in [-0.25, -0.2) is 4.98 Å². The molecule has 1 aliphatic heterocycles. The van der Waals surface area contributed by atoms with Crippen molar-refractivity contribution in [2.45, 2.75) is 32.7 Å². The molecule has 17 heavy (non-hydrogen) atoms. The highest BCUT2D eigenvalue weighted by Gasteiger charge is 2.16. The van der Waals surface area contributed by atoms with Crippen molar-refractivity contribution in [2.75, 3.05) is 19.6 Å². The summed E-state index contributed by atoms with van der Waals surface area (Å²) in [6.45, 7) is 5.33. The van der Waals surface area contributed by atoms with Gasteiger partial charge in [-0.3, -0.25) is 4.79 Å². The van der Waals surface area contributed by atoms with E-state index in [2.05, 4.69) is 15.3 Å². The summed E-state index contributed by atoms with van der Waals surface area (Å²) in [5.74, 6) is 0.272. The van der Waals surface area contributed by atoms with Crippen LogP contribution < -0.4 is 5.32 Å². The normalized spacial score (nSPS) is 15.5. The van der Waals surface area contributed by atoms with E-state index in [1.807, 2.05) is 11.8 Å². The number of imidazole rings is 1. The maximum absolute atomic E-state index is 11.7. The molecule has 2 heterocycles. The number of aryl methyl sites for hydroxylation is 1. The Labute approximate surface area is 102 Å². The van der Waals surface area contributed by atoms with E-state index in [9.17, 15) is 4.79 Å². The zero-order valence-electron chi connectivity index (χ0n) is 10.3. The number of aromatic nitrogens is 2. The fraction of sp³-hybridized carbons (Fsp3) is 0.667. The van der Waals surface area contributed by atoms with Gasteiger partial charge in [-0.1, -0.05) is 0 Å². The van der Waals surface area contributed by atoms with Gasteiger partial charge in [-0.05, 0) is 19.8 Å². The Bertz CT molecular complexity index is 368. The topological polar surface area (TPSA) is 61.0 Å². The number of aromatic amines is 1. The van der Waals surface area contributed by atoms with Gasteiger partial charge >= 0.3 is 0 Å². The molecule has 1 saturated heterocycles. The summed E-state index contributed by atoms with van der Waals surface area (Å²) in [6.07, 6.45) is 4.60. The molecular weight excluding hydrogens is 216 g/mol. The van der Waals surface area contributed by atoms with Crippen molar-refractivity contribution in [3.05, 3.63) is 17.7 Å². The molecule has 0 unspecified atom stereocenters. The molecular formula is C12H20N4O. The van der Waals surface area contributed by atoms with Gasteiger partial charge < -0.3 is 15.2 Å². The highest BCUT2D eigenvalue weighted by Crippen LogP contribution is 2.08. The minimum Gasteiger partial charge on any atom is -0.348 e. The van der Waals surface area contributed by atoms with Crippen LogP contribution in [0.25, 0.3) is 0 Å². The van der Waals surface area contributed by atoms with E-state index < -0.39 is 0 Å². The van der Waals surface area contributed by atoms with Crippen molar-refractivity contribution in [1.82, 2.24) is 20.2 Å². The lowest BCUT2D eigenvalue weighted by atomic mass is 10.3. The van der Waals surface area contributed by atoms with Crippen LogP contribution in [-0.2, 0) is 11.3 Å². The van der Waals surface area contributed by atoms with Crippen LogP contribution in [0, 0.1) is 6.92 Å². The summed E-state index contributed by atoms with van der Waals surface area (Å²) in [7, 11) is 0. The Morgan fingerprint density at radius 2 is 2.29 bits per heavy atom. The van der Waals surface area contributed by atoms with E-state index in [1.54, 1.807) is 6.33 Å². The second kappa shape index (κ2) is 5.82. The monoisotopic (exact) mass is 236 g/mol. The predicted octanol–water partition coefficient (Wildman–Crippen LogP) is 0.820. The third kappa shape index (κ3) is 3.30. The molecule has 5 nitrogen and oxygen atoms in total. The number of hydrogen-bond acceptors (Lipinski definition) is 3. The minimum absolute atomic E-state index is 0.272. The number of carbonyl (C=O) groups excluding carboxylic acids is 1. The molecule has 0 atom stereocenters. The number of carbonyl (C=O) groups is 1. The van der Waals surface area contributed by atoms with Gasteiger partial charge in [0.05, 0.1) is 12.0 Å². The molecule has 1 aromatic heterocycles. The summed E-state index contributed by atoms with van der Waals surface area (Å²) in [5, 5.41) is 3.25. The highest BCUT2D eigenvalue weighted by atomic mass is 16.2. The van der Waals surface area contributed by atoms with Crippen molar-refractivity contribution < 1.29 is 4.79 Å². The Kier molecular flexibility index (Phi) is 4.14. The van der Waals surface area contributed by atoms with Gasteiger partial charge in [-0.2, -0.15) is 0 Å². The first-order chi connectivity index (χ1) is 8.27. The fourth-order valence-electron chi connectivity index (χ4n) is 2.09. The van der Waals surface area contributed by atoms with E-state index in [4.69, 9.17) is 0 Å². The zero-order chi connectivity index (χ0) is 12.1. The van der Waals surface area contributed by atoms with Crippen LogP contribution in [0.15, 0.2) is 6.33 Å². The summed E-state index contributed by atoms with van der Waals surface area (Å²) in [5.41, 5.74) is 2.11. The van der Waals surface area contributed by atoms with Crippen LogP contribution in [-0.4, -0.2) is 40.4 Å². The Hall–Kier alpha value is -1.36. The third-order valence-electron chi connectivity index (χ3n) is 3.20. The second-order valence-electron chi connectivity index (χ2n) is 4.49. The molecule has 2 N–H and O–H groups in total. The number of nitrogens with one attached hydrogen (secondary N) is 2. The van der Waals surface area contributed by atoms with Crippen LogP contribution >= 0.6 is 0 Å². The average molecular weight is 236 g/mol. The first-order valence-corrected chi connectivity index (χ1v) is 6.24. The van der Waals surface area contributed by atoms with Crippen LogP contribution in [0.4, 0.5) is 0 Å². The molecule has 0 spiro atoms. The van der Waals surface area contributed by atoms with Gasteiger partial charge in [0.15, 0.2) is 0 Å². The molecule has 1 amide bonds. The van der Waals surface area contributed by atoms with Gasteiger partial charge in [-0.15, -0.1) is 0 Å². The molecule has 2 rings (SSSR count). The minimum atomic E-state index is 0.272. The maximum Gasteiger partial charge on any atom is 0.223 e. The Balaban J connectivity index is 1.63. The van der Waals surface area contributed by atoms with Crippen LogP contribution in [0.5, 0.6) is 0 Å². The maximum atomic E-state index is 11.7. The highest BCUT2D eigenvalue weighted by molar-refractivity contribution is 5.76. The lowest BCUT2D eigenvalue weighted by molar-refractivity contribution is -0.130. The molecule has 1 aromatic rings. The van der Waals surface area contributed by atoms with Crippen molar-refractivity contribution >= 4 is 5.91 Å². The fourth-order valence-corrected chi connectivity index (χ4v) is 2.09. The van der Waals surface area contributed by atoms with Crippen molar-refractivity contribution in [1.29, 1.82) is 0 Å². The molecule has 0 bridgehead atoms. The number of likely N-dealkylation sites (tertiary alicyclic amines) is 1. The predicted molar refractivity (Wildman–Crippen MR) is 65.5 cm³/mol. The van der Waals surface area contributed by atoms with Crippen LogP contribution in [0.2, 0.25) is 0 Å². The second-order valence-corrected chi connectivity index (χ2v) is 4.49. The standard InChI is InChI=1S/C12H20N4O/c1-10-11(15-9-14-10)8-13-5-4-12(17)16-6-2-3-7-16/h9,13H,2-8H2,1H3,(H,14,15). The van der Waals surface area contributed by atoms with Crippen LogP contribution in [0.3, 0.4) is 0 Å². The number of hydrogen-bond donors (Lipinski definition) is 2. The molecule has 0 aromatic carbocycles. The Morgan fingerprint density at radius 3 is 2.94 bits per heavy atom. The van der Waals surface area contributed by atoms with E-state index in [-0.39, 0.29) is 5.91 Å². The van der Waals surface area contributed by atoms with Gasteiger partial charge in [0.2, 0.25) is 5.91 Å². The summed E-state index contributed by atoms with van der Waals surface area (Å²) in [6, 6.07) is 0. The van der Waals surface area contributed by atoms with E-state index in [1.165, 1.54) is 0 Å². The molecule has 0 saturated carbocycles. The smallest absolute Gasteiger partial charge is 0.223 e. The summed E-state index contributed by atoms with van der Waals surface area (Å²) < 4.78 is 0.